The van der Waals surface area contributed by atoms with Crippen LogP contribution in [0.15, 0.2) is 18.2 Å². The molecular weight excluding hydrogens is 248 g/mol. The van der Waals surface area contributed by atoms with Gasteiger partial charge in [-0.05, 0) is 31.2 Å². The van der Waals surface area contributed by atoms with Crippen molar-refractivity contribution in [1.82, 2.24) is 5.32 Å². The van der Waals surface area contributed by atoms with E-state index in [0.29, 0.717) is 19.6 Å². The molecule has 1 fully saturated rings. The van der Waals surface area contributed by atoms with E-state index in [4.69, 9.17) is 0 Å². The molecule has 0 aliphatic carbocycles. The summed E-state index contributed by atoms with van der Waals surface area (Å²) >= 11 is 0. The molecule has 0 radical (unpaired) electrons. The number of hydrogen-bond donors (Lipinski definition) is 1. The molecule has 0 bridgehead atoms. The van der Waals surface area contributed by atoms with Crippen molar-refractivity contribution in [3.63, 3.8) is 0 Å². The quantitative estimate of drug-likeness (QED) is 0.783. The number of alkyl halides is 3. The Balaban J connectivity index is 2.30. The number of anilines is 1. The Hall–Kier alpha value is -1.30. The fourth-order valence-electron chi connectivity index (χ4n) is 2.02. The van der Waals surface area contributed by atoms with Crippen LogP contribution in [-0.4, -0.2) is 26.2 Å². The average molecular weight is 262 g/mol. The first-order valence-electron chi connectivity index (χ1n) is 5.81. The molecular formula is C12H14F4N2. The van der Waals surface area contributed by atoms with Gasteiger partial charge in [0.1, 0.15) is 5.82 Å². The number of hydrogen-bond acceptors (Lipinski definition) is 2. The van der Waals surface area contributed by atoms with E-state index < -0.39 is 17.6 Å². The minimum Gasteiger partial charge on any atom is -0.368 e. The van der Waals surface area contributed by atoms with E-state index in [1.807, 2.05) is 0 Å². The van der Waals surface area contributed by atoms with Gasteiger partial charge in [0.05, 0.1) is 11.3 Å². The van der Waals surface area contributed by atoms with Crippen LogP contribution < -0.4 is 10.2 Å². The third-order valence-electron chi connectivity index (χ3n) is 2.95. The van der Waals surface area contributed by atoms with E-state index in [-0.39, 0.29) is 5.69 Å². The second-order valence-electron chi connectivity index (χ2n) is 4.25. The van der Waals surface area contributed by atoms with Gasteiger partial charge in [-0.1, -0.05) is 0 Å². The number of nitrogens with one attached hydrogen (secondary N) is 1. The van der Waals surface area contributed by atoms with Gasteiger partial charge in [0.15, 0.2) is 0 Å². The molecule has 1 aromatic carbocycles. The molecule has 1 aromatic rings. The molecule has 0 amide bonds. The van der Waals surface area contributed by atoms with Crippen LogP contribution in [-0.2, 0) is 6.18 Å². The zero-order valence-corrected chi connectivity index (χ0v) is 9.73. The van der Waals surface area contributed by atoms with Crippen molar-refractivity contribution in [2.75, 3.05) is 31.1 Å². The third-order valence-corrected chi connectivity index (χ3v) is 2.95. The van der Waals surface area contributed by atoms with Crippen molar-refractivity contribution in [3.05, 3.63) is 29.6 Å². The van der Waals surface area contributed by atoms with Gasteiger partial charge in [-0.3, -0.25) is 0 Å². The first-order chi connectivity index (χ1) is 8.48. The van der Waals surface area contributed by atoms with Crippen LogP contribution in [0, 0.1) is 5.82 Å². The van der Waals surface area contributed by atoms with Crippen LogP contribution in [0.25, 0.3) is 0 Å². The number of halogens is 4. The van der Waals surface area contributed by atoms with Crippen molar-refractivity contribution in [3.8, 4) is 0 Å². The summed E-state index contributed by atoms with van der Waals surface area (Å²) in [6.07, 6.45) is -3.65. The summed E-state index contributed by atoms with van der Waals surface area (Å²) in [6, 6.07) is 2.55. The Bertz CT molecular complexity index is 409. The SMILES string of the molecule is Fc1ccc(C(F)(F)F)cc1N1CCCNCC1. The van der Waals surface area contributed by atoms with E-state index in [1.165, 1.54) is 0 Å². The molecule has 0 unspecified atom stereocenters. The summed E-state index contributed by atoms with van der Waals surface area (Å²) in [4.78, 5) is 1.66. The molecule has 1 saturated heterocycles. The third kappa shape index (κ3) is 2.93. The first-order valence-corrected chi connectivity index (χ1v) is 5.81. The average Bonchev–Trinajstić information content (AvgIpc) is 2.56. The van der Waals surface area contributed by atoms with Crippen molar-refractivity contribution < 1.29 is 17.6 Å². The molecule has 18 heavy (non-hydrogen) atoms. The Morgan fingerprint density at radius 1 is 1.11 bits per heavy atom. The van der Waals surface area contributed by atoms with Gasteiger partial charge in [0.25, 0.3) is 0 Å². The van der Waals surface area contributed by atoms with Crippen LogP contribution in [0.4, 0.5) is 23.2 Å². The lowest BCUT2D eigenvalue weighted by atomic mass is 10.1. The maximum Gasteiger partial charge on any atom is 0.416 e. The predicted octanol–water partition coefficient (Wildman–Crippen LogP) is 2.64. The van der Waals surface area contributed by atoms with Crippen LogP contribution in [0.3, 0.4) is 0 Å². The van der Waals surface area contributed by atoms with Gasteiger partial charge >= 0.3 is 6.18 Å². The molecule has 0 atom stereocenters. The summed E-state index contributed by atoms with van der Waals surface area (Å²) in [5.41, 5.74) is -0.773. The number of rotatable bonds is 1. The van der Waals surface area contributed by atoms with Crippen molar-refractivity contribution in [2.45, 2.75) is 12.6 Å². The summed E-state index contributed by atoms with van der Waals surface area (Å²) in [5.74, 6) is -0.607. The lowest BCUT2D eigenvalue weighted by molar-refractivity contribution is -0.137. The minimum absolute atomic E-state index is 0.0357. The zero-order valence-electron chi connectivity index (χ0n) is 9.73. The van der Waals surface area contributed by atoms with Crippen LogP contribution in [0.1, 0.15) is 12.0 Å². The van der Waals surface area contributed by atoms with Gasteiger partial charge in [0, 0.05) is 19.6 Å². The molecule has 1 aliphatic heterocycles. The summed E-state index contributed by atoms with van der Waals surface area (Å²) < 4.78 is 51.4. The first kappa shape index (κ1) is 13.1. The fourth-order valence-corrected chi connectivity index (χ4v) is 2.02. The molecule has 1 N–H and O–H groups in total. The summed E-state index contributed by atoms with van der Waals surface area (Å²) in [7, 11) is 0. The van der Waals surface area contributed by atoms with E-state index >= 15 is 0 Å². The molecule has 0 aromatic heterocycles. The van der Waals surface area contributed by atoms with Gasteiger partial charge in [-0.25, -0.2) is 4.39 Å². The normalized spacial score (nSPS) is 17.7. The minimum atomic E-state index is -4.44. The predicted molar refractivity (Wildman–Crippen MR) is 61.1 cm³/mol. The maximum absolute atomic E-state index is 13.6. The Morgan fingerprint density at radius 2 is 1.89 bits per heavy atom. The zero-order chi connectivity index (χ0) is 13.2. The fraction of sp³-hybridized carbons (Fsp3) is 0.500. The number of nitrogens with zero attached hydrogens (tertiary/aromatic N) is 1. The second kappa shape index (κ2) is 5.14. The van der Waals surface area contributed by atoms with Crippen LogP contribution in [0.5, 0.6) is 0 Å². The van der Waals surface area contributed by atoms with Gasteiger partial charge in [-0.2, -0.15) is 13.2 Å². The highest BCUT2D eigenvalue weighted by Gasteiger charge is 2.31. The van der Waals surface area contributed by atoms with E-state index in [9.17, 15) is 17.6 Å². The highest BCUT2D eigenvalue weighted by molar-refractivity contribution is 5.50. The van der Waals surface area contributed by atoms with Gasteiger partial charge in [-0.15, -0.1) is 0 Å². The molecule has 100 valence electrons. The van der Waals surface area contributed by atoms with E-state index in [0.717, 1.165) is 31.2 Å². The largest absolute Gasteiger partial charge is 0.416 e. The maximum atomic E-state index is 13.6. The summed E-state index contributed by atoms with van der Waals surface area (Å²) in [6.45, 7) is 2.52. The molecule has 1 heterocycles. The molecule has 0 saturated carbocycles. The topological polar surface area (TPSA) is 15.3 Å². The standard InChI is InChI=1S/C12H14F4N2/c13-10-3-2-9(12(14,15)16)8-11(10)18-6-1-4-17-5-7-18/h2-3,8,17H,1,4-7H2. The molecule has 0 spiro atoms. The molecule has 2 rings (SSSR count). The Kier molecular flexibility index (Phi) is 3.75. The van der Waals surface area contributed by atoms with E-state index in [2.05, 4.69) is 5.32 Å². The van der Waals surface area contributed by atoms with Crippen LogP contribution >= 0.6 is 0 Å². The lowest BCUT2D eigenvalue weighted by Crippen LogP contribution is -2.28. The molecule has 6 heteroatoms. The van der Waals surface area contributed by atoms with E-state index in [1.54, 1.807) is 4.90 Å². The van der Waals surface area contributed by atoms with Crippen molar-refractivity contribution in [1.29, 1.82) is 0 Å². The monoisotopic (exact) mass is 262 g/mol. The van der Waals surface area contributed by atoms with Gasteiger partial charge in [0.2, 0.25) is 0 Å². The van der Waals surface area contributed by atoms with Crippen LogP contribution in [0.2, 0.25) is 0 Å². The molecule has 2 nitrogen and oxygen atoms in total. The summed E-state index contributed by atoms with van der Waals surface area (Å²) in [5, 5.41) is 3.12. The van der Waals surface area contributed by atoms with Crippen molar-refractivity contribution >= 4 is 5.69 Å². The Labute approximate surface area is 103 Å². The van der Waals surface area contributed by atoms with Crippen molar-refractivity contribution in [2.24, 2.45) is 0 Å². The smallest absolute Gasteiger partial charge is 0.368 e. The van der Waals surface area contributed by atoms with Gasteiger partial charge < -0.3 is 10.2 Å². The molecule has 1 aliphatic rings. The Morgan fingerprint density at radius 3 is 2.61 bits per heavy atom. The highest BCUT2D eigenvalue weighted by atomic mass is 19.4. The number of benzene rings is 1. The lowest BCUT2D eigenvalue weighted by Gasteiger charge is -2.23. The second-order valence-corrected chi connectivity index (χ2v) is 4.25. The highest BCUT2D eigenvalue weighted by Crippen LogP contribution is 2.33.